The summed E-state index contributed by atoms with van der Waals surface area (Å²) in [4.78, 5) is 39.9. The number of rotatable bonds is 26. The Labute approximate surface area is 330 Å². The maximum absolute atomic E-state index is 13.0. The van der Waals surface area contributed by atoms with Gasteiger partial charge in [-0.2, -0.15) is 0 Å². The average molecular weight is 748 g/mol. The Morgan fingerprint density at radius 2 is 1.37 bits per heavy atom. The zero-order chi connectivity index (χ0) is 38.8. The molecule has 3 aliphatic rings. The lowest BCUT2D eigenvalue weighted by Crippen LogP contribution is -2.44. The molecular formula is C48H77NO5. The monoisotopic (exact) mass is 748 g/mol. The van der Waals surface area contributed by atoms with Crippen molar-refractivity contribution in [2.75, 3.05) is 13.6 Å². The Morgan fingerprint density at radius 3 is 2.06 bits per heavy atom. The van der Waals surface area contributed by atoms with E-state index in [0.717, 1.165) is 96.4 Å². The first-order chi connectivity index (χ1) is 26.2. The lowest BCUT2D eigenvalue weighted by molar-refractivity contribution is -0.154. The molecule has 1 aromatic carbocycles. The number of hydrogen-bond donors (Lipinski definition) is 0. The zero-order valence-electron chi connectivity index (χ0n) is 35.2. The minimum atomic E-state index is -0.115. The summed E-state index contributed by atoms with van der Waals surface area (Å²) in [6.07, 6.45) is 29.9. The number of carbonyl (C=O) groups is 3. The van der Waals surface area contributed by atoms with E-state index in [1.165, 1.54) is 68.9 Å². The van der Waals surface area contributed by atoms with E-state index < -0.39 is 0 Å². The van der Waals surface area contributed by atoms with Gasteiger partial charge in [0.25, 0.3) is 0 Å². The van der Waals surface area contributed by atoms with Crippen molar-refractivity contribution in [1.82, 2.24) is 4.90 Å². The van der Waals surface area contributed by atoms with Crippen molar-refractivity contribution in [1.29, 1.82) is 0 Å². The minimum absolute atomic E-state index is 0.0180. The molecule has 0 N–H and O–H groups in total. The number of amides is 1. The van der Waals surface area contributed by atoms with E-state index in [2.05, 4.69) is 45.9 Å². The van der Waals surface area contributed by atoms with Crippen LogP contribution >= 0.6 is 0 Å². The van der Waals surface area contributed by atoms with Crippen molar-refractivity contribution in [3.63, 3.8) is 0 Å². The molecule has 0 bridgehead atoms. The van der Waals surface area contributed by atoms with Crippen LogP contribution in [0.1, 0.15) is 205 Å². The van der Waals surface area contributed by atoms with Crippen molar-refractivity contribution in [2.24, 2.45) is 17.3 Å². The van der Waals surface area contributed by atoms with Crippen LogP contribution in [0.2, 0.25) is 0 Å². The van der Waals surface area contributed by atoms with Gasteiger partial charge in [0.15, 0.2) is 0 Å². The van der Waals surface area contributed by atoms with Gasteiger partial charge < -0.3 is 14.4 Å². The topological polar surface area (TPSA) is 72.9 Å². The summed E-state index contributed by atoms with van der Waals surface area (Å²) in [6.45, 7) is 9.82. The first-order valence-corrected chi connectivity index (χ1v) is 22.7. The first kappa shape index (κ1) is 44.1. The molecule has 4 rings (SSSR count). The van der Waals surface area contributed by atoms with Crippen molar-refractivity contribution in [2.45, 2.75) is 207 Å². The molecule has 1 amide bonds. The highest BCUT2D eigenvalue weighted by Gasteiger charge is 2.54. The first-order valence-electron chi connectivity index (χ1n) is 22.7. The Bertz CT molecular complexity index is 1340. The number of unbranched alkanes of at least 4 members (excludes halogenated alkanes) is 14. The van der Waals surface area contributed by atoms with Gasteiger partial charge in [-0.15, -0.1) is 0 Å². The molecule has 54 heavy (non-hydrogen) atoms. The van der Waals surface area contributed by atoms with Gasteiger partial charge in [-0.3, -0.25) is 14.4 Å². The molecule has 6 nitrogen and oxygen atoms in total. The number of fused-ring (bicyclic) bond motifs is 5. The molecule has 0 heterocycles. The molecule has 304 valence electrons. The van der Waals surface area contributed by atoms with Crippen LogP contribution in [0.15, 0.2) is 29.8 Å². The Morgan fingerprint density at radius 1 is 0.759 bits per heavy atom. The molecule has 3 aliphatic carbocycles. The van der Waals surface area contributed by atoms with Crippen molar-refractivity contribution in [3.05, 3.63) is 41.0 Å². The highest BCUT2D eigenvalue weighted by molar-refractivity contribution is 5.75. The van der Waals surface area contributed by atoms with E-state index in [-0.39, 0.29) is 23.5 Å². The second-order valence-corrected chi connectivity index (χ2v) is 17.4. The van der Waals surface area contributed by atoms with Gasteiger partial charge in [-0.05, 0) is 92.4 Å². The van der Waals surface area contributed by atoms with E-state index in [9.17, 15) is 14.4 Å². The summed E-state index contributed by atoms with van der Waals surface area (Å²) in [7, 11) is 1.94. The number of ether oxygens (including phenoxy) is 2. The van der Waals surface area contributed by atoms with E-state index in [4.69, 9.17) is 9.47 Å². The lowest BCUT2D eigenvalue weighted by Gasteiger charge is -2.51. The highest BCUT2D eigenvalue weighted by Crippen LogP contribution is 2.61. The second-order valence-electron chi connectivity index (χ2n) is 17.4. The summed E-state index contributed by atoms with van der Waals surface area (Å²) in [5.41, 5.74) is 4.27. The molecule has 1 saturated carbocycles. The van der Waals surface area contributed by atoms with E-state index in [1.807, 2.05) is 18.0 Å². The van der Waals surface area contributed by atoms with Crippen molar-refractivity contribution in [3.8, 4) is 5.75 Å². The quantitative estimate of drug-likeness (QED) is 0.0408. The van der Waals surface area contributed by atoms with Crippen LogP contribution in [0.3, 0.4) is 0 Å². The summed E-state index contributed by atoms with van der Waals surface area (Å²) in [5, 5.41) is 0. The smallest absolute Gasteiger partial charge is 0.311 e. The summed E-state index contributed by atoms with van der Waals surface area (Å²) in [6, 6.07) is 6.47. The fourth-order valence-corrected chi connectivity index (χ4v) is 9.82. The Balaban J connectivity index is 1.34. The SMILES string of the molecule is CCCCCCC(=O)Oc1ccc2c(c1)C[C@@H](CCCCCCCCCCC(=O)N(C)CCCC)[C@H]1C3=CC[C@H](OC(=O)CCCCCC)[C@@]3(C)CC[C@H]21. The molecular weight excluding hydrogens is 671 g/mol. The van der Waals surface area contributed by atoms with E-state index in [0.29, 0.717) is 48.7 Å². The molecule has 0 unspecified atom stereocenters. The maximum Gasteiger partial charge on any atom is 0.311 e. The predicted octanol–water partition coefficient (Wildman–Crippen LogP) is 12.6. The number of hydrogen-bond acceptors (Lipinski definition) is 5. The van der Waals surface area contributed by atoms with Crippen LogP contribution in [0, 0.1) is 17.3 Å². The van der Waals surface area contributed by atoms with Crippen molar-refractivity contribution < 1.29 is 23.9 Å². The predicted molar refractivity (Wildman–Crippen MR) is 222 cm³/mol. The normalized spacial score (nSPS) is 22.9. The maximum atomic E-state index is 13.0. The van der Waals surface area contributed by atoms with Crippen LogP contribution in [0.5, 0.6) is 5.75 Å². The number of carbonyl (C=O) groups excluding carboxylic acids is 3. The highest BCUT2D eigenvalue weighted by atomic mass is 16.5. The third-order valence-electron chi connectivity index (χ3n) is 13.2. The minimum Gasteiger partial charge on any atom is -0.461 e. The molecule has 5 atom stereocenters. The average Bonchev–Trinajstić information content (AvgIpc) is 3.49. The standard InChI is InChI=1S/C48H77NO5/c1-6-9-12-22-26-45(51)53-39-28-29-40-38(36-39)35-37(24-20-18-16-14-15-17-19-21-25-44(50)49(5)34-11-8-3)47-41(40)32-33-48(4)42(47)30-31-43(48)54-46(52)27-23-13-10-7-2/h28-30,36-37,41,43,47H,6-27,31-35H2,1-5H3/t37-,41-,43+,47-,48+/m1/s1. The Hall–Kier alpha value is -2.63. The molecule has 0 spiro atoms. The van der Waals surface area contributed by atoms with E-state index in [1.54, 1.807) is 5.57 Å². The van der Waals surface area contributed by atoms with Crippen LogP contribution in [0.25, 0.3) is 0 Å². The molecule has 1 fully saturated rings. The van der Waals surface area contributed by atoms with Gasteiger partial charge in [-0.1, -0.05) is 135 Å². The number of benzene rings is 1. The molecule has 6 heteroatoms. The molecule has 0 saturated heterocycles. The third-order valence-corrected chi connectivity index (χ3v) is 13.2. The fraction of sp³-hybridized carbons (Fsp3) is 0.771. The van der Waals surface area contributed by atoms with Crippen LogP contribution < -0.4 is 4.74 Å². The van der Waals surface area contributed by atoms with Gasteiger partial charge >= 0.3 is 11.9 Å². The summed E-state index contributed by atoms with van der Waals surface area (Å²) in [5.74, 6) is 2.33. The zero-order valence-corrected chi connectivity index (χ0v) is 35.2. The number of esters is 2. The van der Waals surface area contributed by atoms with Gasteiger partial charge in [0.05, 0.1) is 0 Å². The summed E-state index contributed by atoms with van der Waals surface area (Å²) >= 11 is 0. The lowest BCUT2D eigenvalue weighted by atomic mass is 9.54. The molecule has 0 aliphatic heterocycles. The Kier molecular flexibility index (Phi) is 19.1. The molecule has 1 aromatic rings. The molecule has 0 radical (unpaired) electrons. The van der Waals surface area contributed by atoms with Gasteiger partial charge in [-0.25, -0.2) is 0 Å². The second kappa shape index (κ2) is 23.4. The van der Waals surface area contributed by atoms with Crippen molar-refractivity contribution >= 4 is 17.8 Å². The molecule has 0 aromatic heterocycles. The largest absolute Gasteiger partial charge is 0.461 e. The van der Waals surface area contributed by atoms with Gasteiger partial charge in [0, 0.05) is 44.7 Å². The third kappa shape index (κ3) is 13.0. The number of nitrogens with zero attached hydrogens (tertiary/aromatic N) is 1. The summed E-state index contributed by atoms with van der Waals surface area (Å²) < 4.78 is 12.2. The van der Waals surface area contributed by atoms with Gasteiger partial charge in [0.1, 0.15) is 11.9 Å². The van der Waals surface area contributed by atoms with E-state index >= 15 is 0 Å². The fourth-order valence-electron chi connectivity index (χ4n) is 9.82. The van der Waals surface area contributed by atoms with Crippen LogP contribution in [0.4, 0.5) is 0 Å². The van der Waals surface area contributed by atoms with Gasteiger partial charge in [0.2, 0.25) is 5.91 Å². The van der Waals surface area contributed by atoms with Crippen LogP contribution in [-0.4, -0.2) is 42.4 Å². The van der Waals surface area contributed by atoms with Crippen LogP contribution in [-0.2, 0) is 25.5 Å².